The maximum atomic E-state index is 5.76. The van der Waals surface area contributed by atoms with Gasteiger partial charge in [0.25, 0.3) is 0 Å². The van der Waals surface area contributed by atoms with Gasteiger partial charge >= 0.3 is 0 Å². The molecule has 4 rings (SSSR count). The quantitative estimate of drug-likeness (QED) is 0.871. The van der Waals surface area contributed by atoms with Crippen molar-refractivity contribution < 1.29 is 4.74 Å². The summed E-state index contributed by atoms with van der Waals surface area (Å²) in [5, 5.41) is 9.75. The summed E-state index contributed by atoms with van der Waals surface area (Å²) in [6.45, 7) is 4.86. The third-order valence-corrected chi connectivity index (χ3v) is 5.28. The fourth-order valence-electron chi connectivity index (χ4n) is 3.02. The highest BCUT2D eigenvalue weighted by Crippen LogP contribution is 2.29. The van der Waals surface area contributed by atoms with Crippen LogP contribution in [-0.4, -0.2) is 44.8 Å². The standard InChI is InChI=1S/C16H20N4OS/c1-12-4-6-13(7-5-12)15-17-18-16-20(15)10-19(11-22-16)9-14-3-2-8-21-14/h4-7,14H,2-3,8-11H2,1H3. The lowest BCUT2D eigenvalue weighted by atomic mass is 10.1. The number of thioether (sulfide) groups is 1. The number of rotatable bonds is 3. The minimum atomic E-state index is 0.390. The van der Waals surface area contributed by atoms with Gasteiger partial charge in [-0.15, -0.1) is 10.2 Å². The fourth-order valence-corrected chi connectivity index (χ4v) is 3.90. The van der Waals surface area contributed by atoms with Crippen LogP contribution >= 0.6 is 11.8 Å². The number of hydrogen-bond donors (Lipinski definition) is 0. The van der Waals surface area contributed by atoms with E-state index in [4.69, 9.17) is 4.74 Å². The van der Waals surface area contributed by atoms with Gasteiger partial charge in [-0.3, -0.25) is 9.47 Å². The zero-order chi connectivity index (χ0) is 14.9. The fraction of sp³-hybridized carbons (Fsp3) is 0.500. The summed E-state index contributed by atoms with van der Waals surface area (Å²) in [5.74, 6) is 1.92. The second kappa shape index (κ2) is 6.02. The lowest BCUT2D eigenvalue weighted by Gasteiger charge is -2.29. The summed E-state index contributed by atoms with van der Waals surface area (Å²) >= 11 is 1.76. The van der Waals surface area contributed by atoms with Crippen molar-refractivity contribution in [1.82, 2.24) is 19.7 Å². The predicted molar refractivity (Wildman–Crippen MR) is 86.6 cm³/mol. The van der Waals surface area contributed by atoms with E-state index in [1.54, 1.807) is 11.8 Å². The first kappa shape index (κ1) is 14.2. The Bertz CT molecular complexity index is 649. The maximum absolute atomic E-state index is 5.76. The van der Waals surface area contributed by atoms with Crippen LogP contribution in [0.15, 0.2) is 29.4 Å². The maximum Gasteiger partial charge on any atom is 0.193 e. The molecule has 0 N–H and O–H groups in total. The normalized spacial score (nSPS) is 22.0. The molecule has 1 aromatic carbocycles. The first-order valence-electron chi connectivity index (χ1n) is 7.76. The molecule has 2 aromatic rings. The Hall–Kier alpha value is -1.37. The molecular weight excluding hydrogens is 296 g/mol. The van der Waals surface area contributed by atoms with Crippen LogP contribution in [0.5, 0.6) is 0 Å². The molecule has 1 fully saturated rings. The Labute approximate surface area is 134 Å². The van der Waals surface area contributed by atoms with Gasteiger partial charge in [0.1, 0.15) is 0 Å². The van der Waals surface area contributed by atoms with E-state index in [0.717, 1.165) is 42.2 Å². The number of benzene rings is 1. The molecule has 0 aliphatic carbocycles. The molecule has 0 saturated carbocycles. The van der Waals surface area contributed by atoms with Crippen molar-refractivity contribution in [2.45, 2.75) is 37.7 Å². The van der Waals surface area contributed by atoms with Crippen molar-refractivity contribution in [3.05, 3.63) is 29.8 Å². The van der Waals surface area contributed by atoms with Gasteiger partial charge < -0.3 is 4.74 Å². The summed E-state index contributed by atoms with van der Waals surface area (Å²) in [5.41, 5.74) is 2.39. The molecule has 116 valence electrons. The van der Waals surface area contributed by atoms with Crippen LogP contribution in [0.3, 0.4) is 0 Å². The molecule has 0 bridgehead atoms. The van der Waals surface area contributed by atoms with Crippen LogP contribution in [0, 0.1) is 6.92 Å². The van der Waals surface area contributed by atoms with Crippen molar-refractivity contribution in [2.24, 2.45) is 0 Å². The first-order chi connectivity index (χ1) is 10.8. The van der Waals surface area contributed by atoms with Crippen LogP contribution in [-0.2, 0) is 11.4 Å². The van der Waals surface area contributed by atoms with Crippen molar-refractivity contribution >= 4 is 11.8 Å². The summed E-state index contributed by atoms with van der Waals surface area (Å²) in [7, 11) is 0. The van der Waals surface area contributed by atoms with E-state index >= 15 is 0 Å². The zero-order valence-corrected chi connectivity index (χ0v) is 13.6. The van der Waals surface area contributed by atoms with Crippen molar-refractivity contribution in [3.8, 4) is 11.4 Å². The third kappa shape index (κ3) is 2.78. The van der Waals surface area contributed by atoms with Crippen LogP contribution in [0.2, 0.25) is 0 Å². The first-order valence-corrected chi connectivity index (χ1v) is 8.75. The van der Waals surface area contributed by atoms with Crippen LogP contribution < -0.4 is 0 Å². The molecule has 6 heteroatoms. The van der Waals surface area contributed by atoms with Crippen molar-refractivity contribution in [3.63, 3.8) is 0 Å². The van der Waals surface area contributed by atoms with Crippen LogP contribution in [0.25, 0.3) is 11.4 Å². The number of hydrogen-bond acceptors (Lipinski definition) is 5. The van der Waals surface area contributed by atoms with Crippen LogP contribution in [0.1, 0.15) is 18.4 Å². The lowest BCUT2D eigenvalue weighted by Crippen LogP contribution is -2.36. The highest BCUT2D eigenvalue weighted by molar-refractivity contribution is 7.99. The van der Waals surface area contributed by atoms with Crippen LogP contribution in [0.4, 0.5) is 0 Å². The number of aryl methyl sites for hydroxylation is 1. The lowest BCUT2D eigenvalue weighted by molar-refractivity contribution is 0.0677. The van der Waals surface area contributed by atoms with E-state index in [-0.39, 0.29) is 0 Å². The molecule has 1 aromatic heterocycles. The molecule has 1 unspecified atom stereocenters. The summed E-state index contributed by atoms with van der Waals surface area (Å²) in [4.78, 5) is 2.43. The molecule has 1 atom stereocenters. The average molecular weight is 316 g/mol. The van der Waals surface area contributed by atoms with E-state index in [2.05, 4.69) is 50.9 Å². The predicted octanol–water partition coefficient (Wildman–Crippen LogP) is 2.76. The Morgan fingerprint density at radius 2 is 2.14 bits per heavy atom. The topological polar surface area (TPSA) is 43.2 Å². The molecule has 2 aliphatic heterocycles. The Morgan fingerprint density at radius 3 is 2.91 bits per heavy atom. The molecule has 2 aliphatic rings. The van der Waals surface area contributed by atoms with E-state index in [1.165, 1.54) is 18.4 Å². The van der Waals surface area contributed by atoms with E-state index in [1.807, 2.05) is 0 Å². The van der Waals surface area contributed by atoms with Gasteiger partial charge in [-0.05, 0) is 19.8 Å². The highest BCUT2D eigenvalue weighted by Gasteiger charge is 2.25. The second-order valence-electron chi connectivity index (χ2n) is 6.00. The number of fused-ring (bicyclic) bond motifs is 1. The Kier molecular flexibility index (Phi) is 3.90. The third-order valence-electron chi connectivity index (χ3n) is 4.23. The highest BCUT2D eigenvalue weighted by atomic mass is 32.2. The number of ether oxygens (including phenoxy) is 1. The minimum Gasteiger partial charge on any atom is -0.377 e. The van der Waals surface area contributed by atoms with E-state index in [9.17, 15) is 0 Å². The molecule has 0 radical (unpaired) electrons. The second-order valence-corrected chi connectivity index (χ2v) is 6.92. The van der Waals surface area contributed by atoms with Crippen molar-refractivity contribution in [1.29, 1.82) is 0 Å². The van der Waals surface area contributed by atoms with Gasteiger partial charge in [0.05, 0.1) is 18.6 Å². The monoisotopic (exact) mass is 316 g/mol. The molecule has 3 heterocycles. The van der Waals surface area contributed by atoms with Gasteiger partial charge in [-0.1, -0.05) is 41.6 Å². The molecule has 1 saturated heterocycles. The summed E-state index contributed by atoms with van der Waals surface area (Å²) in [6.07, 6.45) is 2.76. The molecule has 22 heavy (non-hydrogen) atoms. The Balaban J connectivity index is 1.55. The number of aromatic nitrogens is 3. The van der Waals surface area contributed by atoms with E-state index < -0.39 is 0 Å². The van der Waals surface area contributed by atoms with Gasteiger partial charge in [0.15, 0.2) is 11.0 Å². The molecule has 0 spiro atoms. The largest absolute Gasteiger partial charge is 0.377 e. The summed E-state index contributed by atoms with van der Waals surface area (Å²) in [6, 6.07) is 8.49. The average Bonchev–Trinajstić information content (AvgIpc) is 3.17. The molecule has 0 amide bonds. The van der Waals surface area contributed by atoms with Gasteiger partial charge in [-0.2, -0.15) is 0 Å². The van der Waals surface area contributed by atoms with Crippen molar-refractivity contribution in [2.75, 3.05) is 19.0 Å². The number of nitrogens with zero attached hydrogens (tertiary/aromatic N) is 4. The summed E-state index contributed by atoms with van der Waals surface area (Å²) < 4.78 is 7.98. The zero-order valence-electron chi connectivity index (χ0n) is 12.7. The smallest absolute Gasteiger partial charge is 0.193 e. The van der Waals surface area contributed by atoms with Gasteiger partial charge in [0.2, 0.25) is 0 Å². The molecule has 5 nitrogen and oxygen atoms in total. The van der Waals surface area contributed by atoms with Gasteiger partial charge in [-0.25, -0.2) is 0 Å². The molecular formula is C16H20N4OS. The minimum absolute atomic E-state index is 0.390. The van der Waals surface area contributed by atoms with E-state index in [0.29, 0.717) is 6.10 Å². The van der Waals surface area contributed by atoms with Gasteiger partial charge in [0, 0.05) is 18.7 Å². The SMILES string of the molecule is Cc1ccc(-c2nnc3n2CN(CC2CCCO2)CS3)cc1. The Morgan fingerprint density at radius 1 is 1.27 bits per heavy atom.